The monoisotopic (exact) mass is 383 g/mol. The number of amides is 2. The molecule has 0 radical (unpaired) electrons. The van der Waals surface area contributed by atoms with E-state index in [1.165, 1.54) is 11.8 Å². The average molecular weight is 383 g/mol. The van der Waals surface area contributed by atoms with Crippen LogP contribution in [0.2, 0.25) is 0 Å². The molecule has 8 nitrogen and oxygen atoms in total. The first-order valence-electron chi connectivity index (χ1n) is 8.79. The molecule has 1 fully saturated rings. The molecule has 0 spiro atoms. The van der Waals surface area contributed by atoms with Crippen molar-refractivity contribution in [2.75, 3.05) is 16.8 Å². The Morgan fingerprint density at radius 2 is 1.88 bits per heavy atom. The molecule has 9 heteroatoms. The van der Waals surface area contributed by atoms with Crippen LogP contribution >= 0.6 is 11.8 Å². The largest absolute Gasteiger partial charge is 0.481 e. The number of carbonyl (C=O) groups excluding carboxylic acids is 2. The number of nitrogens with zero attached hydrogens (tertiary/aromatic N) is 1. The van der Waals surface area contributed by atoms with Crippen LogP contribution in [0, 0.1) is 12.8 Å². The van der Waals surface area contributed by atoms with E-state index in [1.54, 1.807) is 13.0 Å². The predicted octanol–water partition coefficient (Wildman–Crippen LogP) is 2.19. The molecule has 1 saturated carbocycles. The lowest BCUT2D eigenvalue weighted by Gasteiger charge is -2.27. The summed E-state index contributed by atoms with van der Waals surface area (Å²) in [6.45, 7) is 1.72. The number of carboxylic acid groups (broad SMARTS) is 1. The first-order chi connectivity index (χ1) is 12.5. The molecule has 144 valence electrons. The Kier molecular flexibility index (Phi) is 7.96. The fraction of sp³-hybridized carbons (Fsp3) is 0.647. The normalized spacial score (nSPS) is 20.7. The summed E-state index contributed by atoms with van der Waals surface area (Å²) in [6.07, 6.45) is 5.17. The molecule has 3 N–H and O–H groups in total. The fourth-order valence-electron chi connectivity index (χ4n) is 3.04. The lowest BCUT2D eigenvalue weighted by atomic mass is 9.87. The third-order valence-corrected chi connectivity index (χ3v) is 5.22. The number of rotatable bonds is 7. The second-order valence-electron chi connectivity index (χ2n) is 6.47. The third-order valence-electron chi connectivity index (χ3n) is 4.29. The van der Waals surface area contributed by atoms with E-state index in [1.807, 2.05) is 0 Å². The van der Waals surface area contributed by atoms with Crippen LogP contribution in [-0.2, 0) is 14.4 Å². The van der Waals surface area contributed by atoms with Gasteiger partial charge < -0.3 is 20.3 Å². The highest BCUT2D eigenvalue weighted by Gasteiger charge is 2.29. The molecule has 2 unspecified atom stereocenters. The van der Waals surface area contributed by atoms with Gasteiger partial charge in [-0.1, -0.05) is 30.8 Å². The smallest absolute Gasteiger partial charge is 0.308 e. The van der Waals surface area contributed by atoms with Gasteiger partial charge in [-0.15, -0.1) is 11.8 Å². The predicted molar refractivity (Wildman–Crippen MR) is 98.0 cm³/mol. The van der Waals surface area contributed by atoms with Gasteiger partial charge in [0, 0.05) is 12.1 Å². The highest BCUT2D eigenvalue weighted by molar-refractivity contribution is 8.00. The Bertz CT molecular complexity index is 634. The maximum Gasteiger partial charge on any atom is 0.308 e. The topological polar surface area (TPSA) is 122 Å². The Balaban J connectivity index is 1.74. The molecule has 26 heavy (non-hydrogen) atoms. The van der Waals surface area contributed by atoms with Gasteiger partial charge in [-0.2, -0.15) is 0 Å². The van der Waals surface area contributed by atoms with Crippen molar-refractivity contribution in [3.8, 4) is 0 Å². The molecule has 2 amide bonds. The average Bonchev–Trinajstić information content (AvgIpc) is 2.94. The van der Waals surface area contributed by atoms with Crippen molar-refractivity contribution in [3.05, 3.63) is 11.8 Å². The number of nitrogens with one attached hydrogen (secondary N) is 2. The van der Waals surface area contributed by atoms with Crippen molar-refractivity contribution in [2.45, 2.75) is 51.5 Å². The summed E-state index contributed by atoms with van der Waals surface area (Å²) in [4.78, 5) is 35.4. The van der Waals surface area contributed by atoms with Gasteiger partial charge in [-0.05, 0) is 19.8 Å². The Labute approximate surface area is 156 Å². The van der Waals surface area contributed by atoms with Gasteiger partial charge >= 0.3 is 5.97 Å². The molecule has 0 aliphatic heterocycles. The molecule has 1 aliphatic carbocycles. The van der Waals surface area contributed by atoms with E-state index in [0.717, 1.165) is 25.7 Å². The van der Waals surface area contributed by atoms with Crippen molar-refractivity contribution in [3.63, 3.8) is 0 Å². The van der Waals surface area contributed by atoms with Crippen molar-refractivity contribution >= 4 is 35.4 Å². The van der Waals surface area contributed by atoms with Gasteiger partial charge in [0.05, 0.1) is 17.4 Å². The second kappa shape index (κ2) is 10.2. The zero-order valence-corrected chi connectivity index (χ0v) is 15.6. The maximum absolute atomic E-state index is 12.1. The van der Waals surface area contributed by atoms with Crippen LogP contribution in [0.25, 0.3) is 0 Å². The number of anilines is 1. The molecule has 2 rings (SSSR count). The van der Waals surface area contributed by atoms with Crippen LogP contribution in [0.3, 0.4) is 0 Å². The van der Waals surface area contributed by atoms with Crippen LogP contribution < -0.4 is 10.6 Å². The van der Waals surface area contributed by atoms with Gasteiger partial charge in [-0.25, -0.2) is 0 Å². The molecule has 1 aromatic rings. The zero-order valence-electron chi connectivity index (χ0n) is 14.8. The van der Waals surface area contributed by atoms with Gasteiger partial charge in [0.2, 0.25) is 11.8 Å². The number of carbonyl (C=O) groups is 3. The number of thioether (sulfide) groups is 1. The standard InChI is InChI=1S/C17H25N3O5S/c1-11-8-14(20-25-11)19-16(22)10-26-9-15(21)18-13-7-5-3-2-4-6-12(13)17(23)24/h8,12-13H,2-7,9-10H2,1H3,(H,18,21)(H,23,24)(H,19,20,22). The number of carboxylic acids is 1. The van der Waals surface area contributed by atoms with Gasteiger partial charge in [0.15, 0.2) is 5.82 Å². The van der Waals surface area contributed by atoms with Crippen LogP contribution in [-0.4, -0.2) is 45.6 Å². The van der Waals surface area contributed by atoms with Gasteiger partial charge in [0.1, 0.15) is 5.76 Å². The van der Waals surface area contributed by atoms with E-state index in [9.17, 15) is 19.5 Å². The maximum atomic E-state index is 12.1. The van der Waals surface area contributed by atoms with Crippen molar-refractivity contribution < 1.29 is 24.0 Å². The van der Waals surface area contributed by atoms with E-state index >= 15 is 0 Å². The summed E-state index contributed by atoms with van der Waals surface area (Å²) in [5.74, 6) is -0.756. The summed E-state index contributed by atoms with van der Waals surface area (Å²) in [7, 11) is 0. The number of hydrogen-bond acceptors (Lipinski definition) is 6. The molecular formula is C17H25N3O5S. The molecule has 1 aliphatic rings. The van der Waals surface area contributed by atoms with Crippen molar-refractivity contribution in [2.24, 2.45) is 5.92 Å². The lowest BCUT2D eigenvalue weighted by molar-refractivity contribution is -0.143. The van der Waals surface area contributed by atoms with Crippen LogP contribution in [0.15, 0.2) is 10.6 Å². The first kappa shape index (κ1) is 20.3. The summed E-state index contributed by atoms with van der Waals surface area (Å²) in [5, 5.41) is 18.5. The number of aryl methyl sites for hydroxylation is 1. The van der Waals surface area contributed by atoms with E-state index < -0.39 is 11.9 Å². The third kappa shape index (κ3) is 6.70. The Hall–Kier alpha value is -2.03. The van der Waals surface area contributed by atoms with Crippen LogP contribution in [0.4, 0.5) is 5.82 Å². The SMILES string of the molecule is Cc1cc(NC(=O)CSCC(=O)NC2CCCCCCC2C(=O)O)no1. The Morgan fingerprint density at radius 1 is 1.19 bits per heavy atom. The molecule has 2 atom stereocenters. The molecule has 0 saturated heterocycles. The molecular weight excluding hydrogens is 358 g/mol. The van der Waals surface area contributed by atoms with Crippen molar-refractivity contribution in [1.82, 2.24) is 10.5 Å². The number of hydrogen-bond donors (Lipinski definition) is 3. The summed E-state index contributed by atoms with van der Waals surface area (Å²) in [5.41, 5.74) is 0. The Morgan fingerprint density at radius 3 is 2.54 bits per heavy atom. The number of aromatic nitrogens is 1. The summed E-state index contributed by atoms with van der Waals surface area (Å²) >= 11 is 1.17. The van der Waals surface area contributed by atoms with E-state index in [4.69, 9.17) is 4.52 Å². The minimum absolute atomic E-state index is 0.104. The molecule has 0 aromatic carbocycles. The van der Waals surface area contributed by atoms with Crippen LogP contribution in [0.5, 0.6) is 0 Å². The molecule has 1 heterocycles. The van der Waals surface area contributed by atoms with E-state index in [2.05, 4.69) is 15.8 Å². The summed E-state index contributed by atoms with van der Waals surface area (Å²) in [6, 6.07) is 1.27. The highest BCUT2D eigenvalue weighted by atomic mass is 32.2. The lowest BCUT2D eigenvalue weighted by Crippen LogP contribution is -2.44. The van der Waals surface area contributed by atoms with Crippen LogP contribution in [0.1, 0.15) is 44.3 Å². The van der Waals surface area contributed by atoms with E-state index in [0.29, 0.717) is 24.4 Å². The van der Waals surface area contributed by atoms with E-state index in [-0.39, 0.29) is 29.4 Å². The summed E-state index contributed by atoms with van der Waals surface area (Å²) < 4.78 is 4.86. The molecule has 1 aromatic heterocycles. The van der Waals surface area contributed by atoms with Crippen molar-refractivity contribution in [1.29, 1.82) is 0 Å². The number of aliphatic carboxylic acids is 1. The quantitative estimate of drug-likeness (QED) is 0.660. The first-order valence-corrected chi connectivity index (χ1v) is 9.94. The fourth-order valence-corrected chi connectivity index (χ4v) is 3.67. The minimum Gasteiger partial charge on any atom is -0.481 e. The minimum atomic E-state index is -0.855. The van der Waals surface area contributed by atoms with Gasteiger partial charge in [0.25, 0.3) is 0 Å². The highest BCUT2D eigenvalue weighted by Crippen LogP contribution is 2.23. The van der Waals surface area contributed by atoms with Gasteiger partial charge in [-0.3, -0.25) is 14.4 Å². The second-order valence-corrected chi connectivity index (χ2v) is 7.46. The zero-order chi connectivity index (χ0) is 18.9. The molecule has 0 bridgehead atoms.